The Bertz CT molecular complexity index is 700. The van der Waals surface area contributed by atoms with Crippen LogP contribution in [0.4, 0.5) is 0 Å². The minimum Gasteiger partial charge on any atom is -0.493 e. The van der Waals surface area contributed by atoms with Crippen molar-refractivity contribution in [1.82, 2.24) is 10.6 Å². The zero-order valence-corrected chi connectivity index (χ0v) is 20.6. The summed E-state index contributed by atoms with van der Waals surface area (Å²) in [5, 5.41) is 16.3. The van der Waals surface area contributed by atoms with E-state index in [1.807, 2.05) is 13.0 Å². The average molecular weight is 466 g/mol. The van der Waals surface area contributed by atoms with Crippen LogP contribution in [0.25, 0.3) is 0 Å². The molecule has 0 aromatic heterocycles. The molecule has 33 heavy (non-hydrogen) atoms. The molecule has 1 rings (SSSR count). The number of nitrogens with one attached hydrogen (secondary N) is 2. The number of aliphatic hydroxyl groups is 1. The maximum Gasteiger partial charge on any atom is 0.255 e. The van der Waals surface area contributed by atoms with Crippen LogP contribution in [0, 0.1) is 11.8 Å². The number of methoxy groups -OCH3 is 1. The van der Waals surface area contributed by atoms with E-state index in [1.165, 1.54) is 0 Å². The minimum atomic E-state index is -0.781. The Balaban J connectivity index is 2.45. The van der Waals surface area contributed by atoms with Gasteiger partial charge in [-0.3, -0.25) is 9.59 Å². The third-order valence-electron chi connectivity index (χ3n) is 5.53. The van der Waals surface area contributed by atoms with Gasteiger partial charge in [0, 0.05) is 45.2 Å². The Kier molecular flexibility index (Phi) is 14.4. The maximum atomic E-state index is 12.7. The number of ether oxygens (including phenoxy) is 2. The van der Waals surface area contributed by atoms with Gasteiger partial charge in [0.05, 0.1) is 18.3 Å². The van der Waals surface area contributed by atoms with Gasteiger partial charge >= 0.3 is 0 Å². The van der Waals surface area contributed by atoms with E-state index in [-0.39, 0.29) is 23.7 Å². The highest BCUT2D eigenvalue weighted by molar-refractivity contribution is 5.96. The first-order valence-corrected chi connectivity index (χ1v) is 12.0. The minimum absolute atomic E-state index is 0.0573. The maximum absolute atomic E-state index is 12.7. The van der Waals surface area contributed by atoms with Crippen LogP contribution >= 0.6 is 0 Å². The van der Waals surface area contributed by atoms with E-state index in [9.17, 15) is 14.7 Å². The number of hydrogen-bond donors (Lipinski definition) is 4. The van der Waals surface area contributed by atoms with Gasteiger partial charge in [-0.25, -0.2) is 0 Å². The van der Waals surface area contributed by atoms with Gasteiger partial charge in [0.15, 0.2) is 0 Å². The van der Waals surface area contributed by atoms with Gasteiger partial charge in [-0.15, -0.1) is 0 Å². The summed E-state index contributed by atoms with van der Waals surface area (Å²) in [6.45, 7) is 7.98. The molecule has 0 aliphatic heterocycles. The van der Waals surface area contributed by atoms with Gasteiger partial charge in [-0.1, -0.05) is 39.3 Å². The number of nitrogens with two attached hydrogens (primary N) is 1. The van der Waals surface area contributed by atoms with Crippen LogP contribution in [0.2, 0.25) is 0 Å². The molecule has 8 nitrogen and oxygen atoms in total. The van der Waals surface area contributed by atoms with Crippen molar-refractivity contribution in [2.24, 2.45) is 17.6 Å². The number of unbranched alkanes of at least 4 members (excludes halogenated alkanes) is 1. The summed E-state index contributed by atoms with van der Waals surface area (Å²) in [5.41, 5.74) is 6.67. The zero-order valence-electron chi connectivity index (χ0n) is 20.6. The van der Waals surface area contributed by atoms with E-state index < -0.39 is 12.1 Å². The van der Waals surface area contributed by atoms with E-state index in [0.717, 1.165) is 19.3 Å². The fraction of sp³-hybridized carbons (Fsp3) is 0.680. The number of carbonyl (C=O) groups excluding carboxylic acids is 2. The smallest absolute Gasteiger partial charge is 0.255 e. The monoisotopic (exact) mass is 465 g/mol. The number of rotatable bonds is 17. The molecule has 0 saturated carbocycles. The lowest BCUT2D eigenvalue weighted by Gasteiger charge is -2.24. The van der Waals surface area contributed by atoms with E-state index in [0.29, 0.717) is 50.5 Å². The molecule has 0 spiro atoms. The Labute approximate surface area is 198 Å². The molecule has 0 heterocycles. The Hall–Kier alpha value is -2.16. The van der Waals surface area contributed by atoms with Crippen molar-refractivity contribution < 1.29 is 24.2 Å². The van der Waals surface area contributed by atoms with E-state index in [1.54, 1.807) is 32.2 Å². The lowest BCUT2D eigenvalue weighted by Crippen LogP contribution is -2.41. The van der Waals surface area contributed by atoms with Crippen LogP contribution in [-0.2, 0) is 9.53 Å². The molecule has 0 aliphatic rings. The topological polar surface area (TPSA) is 123 Å². The third-order valence-corrected chi connectivity index (χ3v) is 5.53. The first kappa shape index (κ1) is 28.9. The molecule has 1 aromatic carbocycles. The molecule has 0 fully saturated rings. The van der Waals surface area contributed by atoms with Crippen molar-refractivity contribution in [2.75, 3.05) is 33.4 Å². The van der Waals surface area contributed by atoms with Crippen LogP contribution in [-0.4, -0.2) is 62.5 Å². The van der Waals surface area contributed by atoms with Crippen LogP contribution in [0.1, 0.15) is 63.2 Å². The van der Waals surface area contributed by atoms with Crippen molar-refractivity contribution in [3.63, 3.8) is 0 Å². The summed E-state index contributed by atoms with van der Waals surface area (Å²) in [6, 6.07) is 6.66. The molecule has 4 atom stereocenters. The van der Waals surface area contributed by atoms with E-state index in [4.69, 9.17) is 15.2 Å². The first-order valence-electron chi connectivity index (χ1n) is 12.0. The van der Waals surface area contributed by atoms with Gasteiger partial charge in [-0.05, 0) is 37.3 Å². The van der Waals surface area contributed by atoms with Gasteiger partial charge in [0.1, 0.15) is 5.75 Å². The quantitative estimate of drug-likeness (QED) is 0.262. The second kappa shape index (κ2) is 16.5. The van der Waals surface area contributed by atoms with Crippen LogP contribution in [0.5, 0.6) is 5.75 Å². The Morgan fingerprint density at radius 3 is 2.52 bits per heavy atom. The summed E-state index contributed by atoms with van der Waals surface area (Å²) in [7, 11) is 1.64. The van der Waals surface area contributed by atoms with Gasteiger partial charge in [-0.2, -0.15) is 0 Å². The number of aliphatic hydroxyl groups excluding tert-OH is 1. The fourth-order valence-electron chi connectivity index (χ4n) is 3.44. The molecule has 0 saturated heterocycles. The van der Waals surface area contributed by atoms with Crippen LogP contribution in [0.3, 0.4) is 0 Å². The number of carbonyl (C=O) groups is 2. The highest BCUT2D eigenvalue weighted by atomic mass is 16.5. The highest BCUT2D eigenvalue weighted by Gasteiger charge is 2.23. The molecule has 0 radical (unpaired) electrons. The molecule has 5 N–H and O–H groups in total. The summed E-state index contributed by atoms with van der Waals surface area (Å²) < 4.78 is 10.7. The average Bonchev–Trinajstić information content (AvgIpc) is 2.80. The number of para-hydroxylation sites is 1. The fourth-order valence-corrected chi connectivity index (χ4v) is 3.44. The molecular weight excluding hydrogens is 422 g/mol. The summed E-state index contributed by atoms with van der Waals surface area (Å²) in [6.07, 6.45) is 2.75. The standard InChI is InChI=1S/C25H43N3O5/c1-5-6-12-27-24(30)19(3)16-22(29)21(26)15-18(2)17-28-25(31)20-10-7-8-11-23(20)33-14-9-13-32-4/h7-8,10-11,18-19,21-22,29H,5-6,9,12-17,26H2,1-4H3,(H,27,30)(H,28,31)/t18-,19-,21+,22+/m1/s1. The van der Waals surface area contributed by atoms with Gasteiger partial charge < -0.3 is 30.9 Å². The Morgan fingerprint density at radius 2 is 1.82 bits per heavy atom. The SMILES string of the molecule is CCCCNC(=O)[C@H](C)C[C@H](O)[C@@H](N)C[C@@H](C)CNC(=O)c1ccccc1OCCCOC. The molecule has 188 valence electrons. The third kappa shape index (κ3) is 11.5. The predicted molar refractivity (Wildman–Crippen MR) is 130 cm³/mol. The number of hydrogen-bond acceptors (Lipinski definition) is 6. The van der Waals surface area contributed by atoms with Crippen molar-refractivity contribution >= 4 is 11.8 Å². The van der Waals surface area contributed by atoms with Crippen LogP contribution in [0.15, 0.2) is 24.3 Å². The normalized spacial score (nSPS) is 14.7. The second-order valence-corrected chi connectivity index (χ2v) is 8.75. The van der Waals surface area contributed by atoms with E-state index in [2.05, 4.69) is 17.6 Å². The molecule has 2 amide bonds. The van der Waals surface area contributed by atoms with Crippen molar-refractivity contribution in [3.05, 3.63) is 29.8 Å². The largest absolute Gasteiger partial charge is 0.493 e. The van der Waals surface area contributed by atoms with Gasteiger partial charge in [0.2, 0.25) is 5.91 Å². The molecule has 8 heteroatoms. The molecule has 0 aliphatic carbocycles. The first-order chi connectivity index (χ1) is 15.8. The lowest BCUT2D eigenvalue weighted by molar-refractivity contribution is -0.125. The van der Waals surface area contributed by atoms with Crippen molar-refractivity contribution in [2.45, 2.75) is 65.0 Å². The van der Waals surface area contributed by atoms with Crippen molar-refractivity contribution in [1.29, 1.82) is 0 Å². The molecular formula is C25H43N3O5. The molecule has 0 unspecified atom stereocenters. The summed E-state index contributed by atoms with van der Waals surface area (Å²) in [5.74, 6) is 0.0197. The lowest BCUT2D eigenvalue weighted by atomic mass is 9.92. The number of benzene rings is 1. The Morgan fingerprint density at radius 1 is 1.09 bits per heavy atom. The molecule has 0 bridgehead atoms. The van der Waals surface area contributed by atoms with E-state index >= 15 is 0 Å². The number of amides is 2. The van der Waals surface area contributed by atoms with Crippen molar-refractivity contribution in [3.8, 4) is 5.75 Å². The predicted octanol–water partition coefficient (Wildman–Crippen LogP) is 2.49. The van der Waals surface area contributed by atoms with Crippen LogP contribution < -0.4 is 21.1 Å². The highest BCUT2D eigenvalue weighted by Crippen LogP contribution is 2.19. The summed E-state index contributed by atoms with van der Waals surface area (Å²) in [4.78, 5) is 24.8. The zero-order chi connectivity index (χ0) is 24.6. The van der Waals surface area contributed by atoms with Gasteiger partial charge in [0.25, 0.3) is 5.91 Å². The molecule has 1 aromatic rings. The summed E-state index contributed by atoms with van der Waals surface area (Å²) >= 11 is 0. The second-order valence-electron chi connectivity index (χ2n) is 8.75.